The molecule has 0 aromatic carbocycles. The fourth-order valence-electron chi connectivity index (χ4n) is 2.82. The van der Waals surface area contributed by atoms with Crippen molar-refractivity contribution in [3.63, 3.8) is 0 Å². The summed E-state index contributed by atoms with van der Waals surface area (Å²) >= 11 is 0. The SMILES string of the molecule is CC(Cc1ccco1)N1CCCC(CCN)C1. The standard InChI is InChI=1S/C14H24N2O/c1-12(10-14-5-3-9-17-14)16-8-2-4-13(11-16)6-7-15/h3,5,9,12-13H,2,4,6-8,10-11,15H2,1H3. The summed E-state index contributed by atoms with van der Waals surface area (Å²) in [5.74, 6) is 1.89. The minimum absolute atomic E-state index is 0.571. The predicted molar refractivity (Wildman–Crippen MR) is 69.8 cm³/mol. The van der Waals surface area contributed by atoms with Crippen molar-refractivity contribution in [2.45, 2.75) is 38.6 Å². The molecule has 1 aromatic heterocycles. The van der Waals surface area contributed by atoms with Gasteiger partial charge in [0, 0.05) is 19.0 Å². The van der Waals surface area contributed by atoms with Crippen molar-refractivity contribution in [1.82, 2.24) is 4.90 Å². The van der Waals surface area contributed by atoms with Crippen molar-refractivity contribution in [2.24, 2.45) is 11.7 Å². The molecule has 1 aromatic rings. The number of nitrogens with two attached hydrogens (primary N) is 1. The Balaban J connectivity index is 1.84. The van der Waals surface area contributed by atoms with Gasteiger partial charge < -0.3 is 10.2 Å². The molecule has 0 spiro atoms. The fourth-order valence-corrected chi connectivity index (χ4v) is 2.82. The Morgan fingerprint density at radius 2 is 2.47 bits per heavy atom. The van der Waals surface area contributed by atoms with Gasteiger partial charge >= 0.3 is 0 Å². The Hall–Kier alpha value is -0.800. The lowest BCUT2D eigenvalue weighted by atomic mass is 9.93. The zero-order valence-corrected chi connectivity index (χ0v) is 10.8. The summed E-state index contributed by atoms with van der Waals surface area (Å²) in [7, 11) is 0. The van der Waals surface area contributed by atoms with E-state index in [-0.39, 0.29) is 0 Å². The predicted octanol–water partition coefficient (Wildman–Crippen LogP) is 2.27. The molecule has 0 bridgehead atoms. The summed E-state index contributed by atoms with van der Waals surface area (Å²) in [6.45, 7) is 5.56. The van der Waals surface area contributed by atoms with Gasteiger partial charge in [0.25, 0.3) is 0 Å². The number of likely N-dealkylation sites (tertiary alicyclic amines) is 1. The molecule has 1 saturated heterocycles. The second kappa shape index (κ2) is 6.22. The zero-order valence-electron chi connectivity index (χ0n) is 10.8. The quantitative estimate of drug-likeness (QED) is 0.853. The normalized spacial score (nSPS) is 23.8. The van der Waals surface area contributed by atoms with Crippen LogP contribution in [-0.2, 0) is 6.42 Å². The van der Waals surface area contributed by atoms with Crippen LogP contribution in [0.4, 0.5) is 0 Å². The smallest absolute Gasteiger partial charge is 0.105 e. The van der Waals surface area contributed by atoms with Crippen molar-refractivity contribution >= 4 is 0 Å². The van der Waals surface area contributed by atoms with Crippen LogP contribution < -0.4 is 5.73 Å². The maximum absolute atomic E-state index is 5.66. The highest BCUT2D eigenvalue weighted by Gasteiger charge is 2.23. The van der Waals surface area contributed by atoms with E-state index >= 15 is 0 Å². The average molecular weight is 236 g/mol. The molecular formula is C14H24N2O. The lowest BCUT2D eigenvalue weighted by molar-refractivity contribution is 0.124. The number of furan rings is 1. The van der Waals surface area contributed by atoms with Gasteiger partial charge in [0.15, 0.2) is 0 Å². The van der Waals surface area contributed by atoms with E-state index in [0.717, 1.165) is 24.6 Å². The second-order valence-corrected chi connectivity index (χ2v) is 5.21. The third-order valence-corrected chi connectivity index (χ3v) is 3.83. The summed E-state index contributed by atoms with van der Waals surface area (Å²) in [4.78, 5) is 2.59. The van der Waals surface area contributed by atoms with Crippen molar-refractivity contribution < 1.29 is 4.42 Å². The third kappa shape index (κ3) is 3.58. The molecule has 2 unspecified atom stereocenters. The van der Waals surface area contributed by atoms with Crippen molar-refractivity contribution in [2.75, 3.05) is 19.6 Å². The van der Waals surface area contributed by atoms with Gasteiger partial charge in [-0.3, -0.25) is 4.90 Å². The molecule has 2 rings (SSSR count). The van der Waals surface area contributed by atoms with E-state index in [9.17, 15) is 0 Å². The first kappa shape index (κ1) is 12.7. The Morgan fingerprint density at radius 3 is 3.18 bits per heavy atom. The first-order chi connectivity index (χ1) is 8.29. The van der Waals surface area contributed by atoms with Gasteiger partial charge in [0.1, 0.15) is 5.76 Å². The number of hydrogen-bond donors (Lipinski definition) is 1. The fraction of sp³-hybridized carbons (Fsp3) is 0.714. The highest BCUT2D eigenvalue weighted by atomic mass is 16.3. The monoisotopic (exact) mass is 236 g/mol. The van der Waals surface area contributed by atoms with Crippen molar-refractivity contribution in [3.8, 4) is 0 Å². The molecule has 1 aliphatic heterocycles. The van der Waals surface area contributed by atoms with Gasteiger partial charge in [-0.15, -0.1) is 0 Å². The number of rotatable bonds is 5. The van der Waals surface area contributed by atoms with E-state index in [1.54, 1.807) is 6.26 Å². The molecule has 3 heteroatoms. The molecule has 0 radical (unpaired) electrons. The molecule has 1 fully saturated rings. The van der Waals surface area contributed by atoms with Gasteiger partial charge in [-0.05, 0) is 57.3 Å². The van der Waals surface area contributed by atoms with Gasteiger partial charge in [-0.25, -0.2) is 0 Å². The molecule has 2 heterocycles. The minimum atomic E-state index is 0.571. The van der Waals surface area contributed by atoms with Crippen LogP contribution in [0.15, 0.2) is 22.8 Å². The molecule has 2 N–H and O–H groups in total. The van der Waals surface area contributed by atoms with Gasteiger partial charge in [0.05, 0.1) is 6.26 Å². The molecule has 17 heavy (non-hydrogen) atoms. The van der Waals surface area contributed by atoms with Crippen LogP contribution in [-0.4, -0.2) is 30.6 Å². The van der Waals surface area contributed by atoms with Gasteiger partial charge in [0.2, 0.25) is 0 Å². The van der Waals surface area contributed by atoms with E-state index in [4.69, 9.17) is 10.2 Å². The lowest BCUT2D eigenvalue weighted by Gasteiger charge is -2.36. The van der Waals surface area contributed by atoms with E-state index in [1.165, 1.54) is 32.4 Å². The third-order valence-electron chi connectivity index (χ3n) is 3.83. The zero-order chi connectivity index (χ0) is 12.1. The van der Waals surface area contributed by atoms with E-state index in [2.05, 4.69) is 17.9 Å². The van der Waals surface area contributed by atoms with Crippen LogP contribution in [0, 0.1) is 5.92 Å². The van der Waals surface area contributed by atoms with Crippen LogP contribution in [0.2, 0.25) is 0 Å². The second-order valence-electron chi connectivity index (χ2n) is 5.21. The van der Waals surface area contributed by atoms with E-state index in [1.807, 2.05) is 6.07 Å². The molecule has 2 atom stereocenters. The van der Waals surface area contributed by atoms with Gasteiger partial charge in [-0.1, -0.05) is 0 Å². The molecule has 0 saturated carbocycles. The summed E-state index contributed by atoms with van der Waals surface area (Å²) in [5, 5.41) is 0. The summed E-state index contributed by atoms with van der Waals surface area (Å²) in [6.07, 6.45) is 6.61. The summed E-state index contributed by atoms with van der Waals surface area (Å²) in [5.41, 5.74) is 5.66. The Labute approximate surface area is 104 Å². The first-order valence-electron chi connectivity index (χ1n) is 6.76. The van der Waals surface area contributed by atoms with E-state index < -0.39 is 0 Å². The number of piperidine rings is 1. The highest BCUT2D eigenvalue weighted by molar-refractivity contribution is 5.00. The van der Waals surface area contributed by atoms with Crippen LogP contribution >= 0.6 is 0 Å². The summed E-state index contributed by atoms with van der Waals surface area (Å²) in [6, 6.07) is 4.61. The first-order valence-corrected chi connectivity index (χ1v) is 6.76. The van der Waals surface area contributed by atoms with Crippen LogP contribution in [0.5, 0.6) is 0 Å². The topological polar surface area (TPSA) is 42.4 Å². The van der Waals surface area contributed by atoms with Crippen LogP contribution in [0.3, 0.4) is 0 Å². The Morgan fingerprint density at radius 1 is 1.59 bits per heavy atom. The Kier molecular flexibility index (Phi) is 4.63. The molecule has 3 nitrogen and oxygen atoms in total. The highest BCUT2D eigenvalue weighted by Crippen LogP contribution is 2.22. The van der Waals surface area contributed by atoms with E-state index in [0.29, 0.717) is 6.04 Å². The summed E-state index contributed by atoms with van der Waals surface area (Å²) < 4.78 is 5.42. The van der Waals surface area contributed by atoms with Gasteiger partial charge in [-0.2, -0.15) is 0 Å². The van der Waals surface area contributed by atoms with Crippen molar-refractivity contribution in [3.05, 3.63) is 24.2 Å². The maximum atomic E-state index is 5.66. The molecule has 1 aliphatic rings. The molecule has 96 valence electrons. The molecule has 0 aliphatic carbocycles. The van der Waals surface area contributed by atoms with Crippen LogP contribution in [0.1, 0.15) is 31.9 Å². The van der Waals surface area contributed by atoms with Crippen molar-refractivity contribution in [1.29, 1.82) is 0 Å². The van der Waals surface area contributed by atoms with Crippen LogP contribution in [0.25, 0.3) is 0 Å². The average Bonchev–Trinajstić information content (AvgIpc) is 2.83. The molecule has 0 amide bonds. The number of nitrogens with zero attached hydrogens (tertiary/aromatic N) is 1. The lowest BCUT2D eigenvalue weighted by Crippen LogP contribution is -2.42. The minimum Gasteiger partial charge on any atom is -0.469 e. The molecular weight excluding hydrogens is 212 g/mol. The number of hydrogen-bond acceptors (Lipinski definition) is 3. The Bertz CT molecular complexity index is 308. The largest absolute Gasteiger partial charge is 0.469 e. The maximum Gasteiger partial charge on any atom is 0.105 e.